The summed E-state index contributed by atoms with van der Waals surface area (Å²) in [5, 5.41) is 0. The fourth-order valence-electron chi connectivity index (χ4n) is 3.39. The van der Waals surface area contributed by atoms with Crippen LogP contribution in [0.3, 0.4) is 0 Å². The Hall–Kier alpha value is -2.42. The number of aryl methyl sites for hydroxylation is 3. The van der Waals surface area contributed by atoms with Gasteiger partial charge in [-0.3, -0.25) is 9.79 Å². The molecule has 0 N–H and O–H groups in total. The van der Waals surface area contributed by atoms with E-state index < -0.39 is 0 Å². The monoisotopic (exact) mass is 334 g/mol. The average molecular weight is 334 g/mol. The van der Waals surface area contributed by atoms with Crippen molar-refractivity contribution in [2.45, 2.75) is 40.0 Å². The van der Waals surface area contributed by atoms with Gasteiger partial charge in [0.25, 0.3) is 0 Å². The first-order valence-electron chi connectivity index (χ1n) is 9.02. The molecule has 0 fully saturated rings. The standard InChI is InChI=1S/C22H26N2O/c1-16-7-6-8-19(14-16)24(22-9-4-5-12-23-22)15-21(25)20-11-10-17(2)13-18(20)3/h6-8,10-11,13-14H,4-5,9,12,15H2,1-3H3. The maximum atomic E-state index is 13.0. The third-order valence-electron chi connectivity index (χ3n) is 4.71. The molecule has 3 nitrogen and oxygen atoms in total. The van der Waals surface area contributed by atoms with E-state index in [4.69, 9.17) is 4.99 Å². The van der Waals surface area contributed by atoms with Crippen molar-refractivity contribution in [1.82, 2.24) is 0 Å². The number of hydrogen-bond acceptors (Lipinski definition) is 3. The molecule has 1 aliphatic heterocycles. The molecular weight excluding hydrogens is 308 g/mol. The zero-order valence-corrected chi connectivity index (χ0v) is 15.4. The molecule has 1 heterocycles. The minimum atomic E-state index is 0.146. The molecule has 3 rings (SSSR count). The number of benzene rings is 2. The maximum Gasteiger partial charge on any atom is 0.182 e. The van der Waals surface area contributed by atoms with E-state index >= 15 is 0 Å². The predicted molar refractivity (Wildman–Crippen MR) is 105 cm³/mol. The van der Waals surface area contributed by atoms with E-state index in [-0.39, 0.29) is 5.78 Å². The first-order chi connectivity index (χ1) is 12.0. The van der Waals surface area contributed by atoms with E-state index in [1.54, 1.807) is 0 Å². The number of rotatable bonds is 4. The van der Waals surface area contributed by atoms with Crippen LogP contribution in [0.1, 0.15) is 46.3 Å². The molecule has 2 aromatic carbocycles. The largest absolute Gasteiger partial charge is 0.322 e. The number of carbonyl (C=O) groups is 1. The Morgan fingerprint density at radius 1 is 1.04 bits per heavy atom. The van der Waals surface area contributed by atoms with Crippen molar-refractivity contribution in [3.63, 3.8) is 0 Å². The van der Waals surface area contributed by atoms with Crippen LogP contribution in [0.2, 0.25) is 0 Å². The number of ketones is 1. The number of Topliss-reactive ketones (excluding diaryl/α,β-unsaturated/α-hetero) is 1. The van der Waals surface area contributed by atoms with Gasteiger partial charge in [-0.1, -0.05) is 35.9 Å². The fraction of sp³-hybridized carbons (Fsp3) is 0.364. The third kappa shape index (κ3) is 4.16. The van der Waals surface area contributed by atoms with E-state index in [1.807, 2.05) is 25.1 Å². The Bertz CT molecular complexity index is 807. The van der Waals surface area contributed by atoms with Crippen LogP contribution in [-0.4, -0.2) is 24.7 Å². The Balaban J connectivity index is 1.91. The number of nitrogens with zero attached hydrogens (tertiary/aromatic N) is 2. The van der Waals surface area contributed by atoms with Gasteiger partial charge in [0, 0.05) is 24.2 Å². The summed E-state index contributed by atoms with van der Waals surface area (Å²) in [5.74, 6) is 1.18. The Kier molecular flexibility index (Phi) is 5.32. The summed E-state index contributed by atoms with van der Waals surface area (Å²) in [4.78, 5) is 19.8. The quantitative estimate of drug-likeness (QED) is 0.746. The number of carbonyl (C=O) groups excluding carboxylic acids is 1. The van der Waals surface area contributed by atoms with Crippen LogP contribution in [0.4, 0.5) is 5.69 Å². The van der Waals surface area contributed by atoms with Gasteiger partial charge < -0.3 is 4.90 Å². The lowest BCUT2D eigenvalue weighted by molar-refractivity contribution is 0.100. The third-order valence-corrected chi connectivity index (χ3v) is 4.71. The van der Waals surface area contributed by atoms with Gasteiger partial charge in [-0.2, -0.15) is 0 Å². The van der Waals surface area contributed by atoms with E-state index in [0.29, 0.717) is 6.54 Å². The molecule has 0 radical (unpaired) electrons. The second-order valence-electron chi connectivity index (χ2n) is 6.92. The highest BCUT2D eigenvalue weighted by molar-refractivity contribution is 6.07. The van der Waals surface area contributed by atoms with Crippen molar-refractivity contribution in [3.05, 3.63) is 64.7 Å². The summed E-state index contributed by atoms with van der Waals surface area (Å²) in [7, 11) is 0. The molecule has 0 atom stereocenters. The first-order valence-corrected chi connectivity index (χ1v) is 9.02. The van der Waals surface area contributed by atoms with Crippen LogP contribution in [0.5, 0.6) is 0 Å². The molecule has 1 aliphatic rings. The van der Waals surface area contributed by atoms with Gasteiger partial charge in [-0.25, -0.2) is 0 Å². The molecule has 3 heteroatoms. The molecule has 25 heavy (non-hydrogen) atoms. The zero-order valence-electron chi connectivity index (χ0n) is 15.4. The number of aliphatic imine (C=N–C) groups is 1. The lowest BCUT2D eigenvalue weighted by Crippen LogP contribution is -2.37. The highest BCUT2D eigenvalue weighted by Gasteiger charge is 2.20. The van der Waals surface area contributed by atoms with Crippen molar-refractivity contribution in [1.29, 1.82) is 0 Å². The fourth-order valence-corrected chi connectivity index (χ4v) is 3.39. The highest BCUT2D eigenvalue weighted by Crippen LogP contribution is 2.22. The van der Waals surface area contributed by atoms with Gasteiger partial charge in [-0.15, -0.1) is 0 Å². The van der Waals surface area contributed by atoms with E-state index in [9.17, 15) is 4.79 Å². The Morgan fingerprint density at radius 3 is 2.52 bits per heavy atom. The number of amidine groups is 1. The Labute approximate surface area is 150 Å². The second kappa shape index (κ2) is 7.64. The minimum Gasteiger partial charge on any atom is -0.322 e. The summed E-state index contributed by atoms with van der Waals surface area (Å²) in [6, 6.07) is 14.4. The SMILES string of the molecule is Cc1cccc(N(CC(=O)c2ccc(C)cc2C)C2=NCCCC2)c1. The van der Waals surface area contributed by atoms with Gasteiger partial charge in [0.1, 0.15) is 5.84 Å². The lowest BCUT2D eigenvalue weighted by Gasteiger charge is -2.28. The van der Waals surface area contributed by atoms with Gasteiger partial charge in [-0.05, 0) is 56.9 Å². The summed E-state index contributed by atoms with van der Waals surface area (Å²) in [6.45, 7) is 7.34. The molecule has 0 aromatic heterocycles. The predicted octanol–water partition coefficient (Wildman–Crippen LogP) is 4.88. The minimum absolute atomic E-state index is 0.146. The molecule has 0 spiro atoms. The van der Waals surface area contributed by atoms with Crippen LogP contribution in [0, 0.1) is 20.8 Å². The molecular formula is C22H26N2O. The van der Waals surface area contributed by atoms with Crippen molar-refractivity contribution in [3.8, 4) is 0 Å². The number of hydrogen-bond donors (Lipinski definition) is 0. The summed E-state index contributed by atoms with van der Waals surface area (Å²) < 4.78 is 0. The van der Waals surface area contributed by atoms with Crippen molar-refractivity contribution >= 4 is 17.3 Å². The normalized spacial score (nSPS) is 14.1. The molecule has 0 amide bonds. The van der Waals surface area contributed by atoms with Gasteiger partial charge in [0.2, 0.25) is 0 Å². The first kappa shape index (κ1) is 17.4. The average Bonchev–Trinajstić information content (AvgIpc) is 2.60. The molecule has 0 saturated carbocycles. The van der Waals surface area contributed by atoms with Crippen LogP contribution in [-0.2, 0) is 0 Å². The molecule has 130 valence electrons. The van der Waals surface area contributed by atoms with E-state index in [0.717, 1.165) is 48.5 Å². The molecule has 0 unspecified atom stereocenters. The van der Waals surface area contributed by atoms with Crippen LogP contribution < -0.4 is 4.90 Å². The van der Waals surface area contributed by atoms with E-state index in [1.165, 1.54) is 11.1 Å². The lowest BCUT2D eigenvalue weighted by atomic mass is 10.0. The molecule has 2 aromatic rings. The molecule has 0 aliphatic carbocycles. The van der Waals surface area contributed by atoms with Crippen molar-refractivity contribution in [2.24, 2.45) is 4.99 Å². The smallest absolute Gasteiger partial charge is 0.182 e. The van der Waals surface area contributed by atoms with Crippen molar-refractivity contribution < 1.29 is 4.79 Å². The van der Waals surface area contributed by atoms with Crippen LogP contribution in [0.25, 0.3) is 0 Å². The van der Waals surface area contributed by atoms with Crippen LogP contribution >= 0.6 is 0 Å². The Morgan fingerprint density at radius 2 is 1.84 bits per heavy atom. The summed E-state index contributed by atoms with van der Waals surface area (Å²) in [6.07, 6.45) is 3.21. The summed E-state index contributed by atoms with van der Waals surface area (Å²) in [5.41, 5.74) is 5.28. The highest BCUT2D eigenvalue weighted by atomic mass is 16.1. The van der Waals surface area contributed by atoms with E-state index in [2.05, 4.69) is 43.0 Å². The molecule has 0 bridgehead atoms. The van der Waals surface area contributed by atoms with Gasteiger partial charge in [0.15, 0.2) is 5.78 Å². The number of anilines is 1. The zero-order chi connectivity index (χ0) is 17.8. The van der Waals surface area contributed by atoms with Gasteiger partial charge >= 0.3 is 0 Å². The summed E-state index contributed by atoms with van der Waals surface area (Å²) >= 11 is 0. The topological polar surface area (TPSA) is 32.7 Å². The molecule has 0 saturated heterocycles. The van der Waals surface area contributed by atoms with Crippen LogP contribution in [0.15, 0.2) is 47.5 Å². The maximum absolute atomic E-state index is 13.0. The van der Waals surface area contributed by atoms with Gasteiger partial charge in [0.05, 0.1) is 6.54 Å². The second-order valence-corrected chi connectivity index (χ2v) is 6.92. The van der Waals surface area contributed by atoms with Crippen molar-refractivity contribution in [2.75, 3.05) is 18.0 Å².